The highest BCUT2D eigenvalue weighted by Gasteiger charge is 2.09. The normalized spacial score (nSPS) is 11.7. The maximum Gasteiger partial charge on any atom is 0.252 e. The number of aromatic nitrogens is 1. The lowest BCUT2D eigenvalue weighted by Crippen LogP contribution is -2.16. The molecule has 0 aliphatic rings. The predicted molar refractivity (Wildman–Crippen MR) is 109 cm³/mol. The number of ether oxygens (including phenoxy) is 2. The van der Waals surface area contributed by atoms with Gasteiger partial charge in [0.15, 0.2) is 4.80 Å². The number of hydrogen-bond acceptors (Lipinski definition) is 4. The second-order valence-corrected chi connectivity index (χ2v) is 6.96. The smallest absolute Gasteiger partial charge is 0.252 e. The number of aryl methyl sites for hydroxylation is 1. The number of benzene rings is 2. The molecule has 0 N–H and O–H groups in total. The van der Waals surface area contributed by atoms with Crippen LogP contribution in [0.4, 0.5) is 0 Å². The second-order valence-electron chi connectivity index (χ2n) is 5.95. The van der Waals surface area contributed by atoms with Gasteiger partial charge in [0.1, 0.15) is 11.5 Å². The van der Waals surface area contributed by atoms with Crippen LogP contribution < -0.4 is 14.3 Å². The third-order valence-electron chi connectivity index (χ3n) is 4.09. The summed E-state index contributed by atoms with van der Waals surface area (Å²) in [6.07, 6.45) is 0.272. The van der Waals surface area contributed by atoms with Gasteiger partial charge in [-0.05, 0) is 56.7 Å². The first-order chi connectivity index (χ1) is 13.1. The molecule has 0 fully saturated rings. The van der Waals surface area contributed by atoms with E-state index in [0.29, 0.717) is 13.2 Å². The molecule has 1 heterocycles. The summed E-state index contributed by atoms with van der Waals surface area (Å²) in [5.41, 5.74) is 1.99. The van der Waals surface area contributed by atoms with Gasteiger partial charge in [-0.3, -0.25) is 4.79 Å². The van der Waals surface area contributed by atoms with E-state index in [1.54, 1.807) is 0 Å². The van der Waals surface area contributed by atoms with Crippen LogP contribution in [0.5, 0.6) is 11.5 Å². The Bertz CT molecular complexity index is 987. The van der Waals surface area contributed by atoms with Crippen LogP contribution in [0.15, 0.2) is 47.5 Å². The fourth-order valence-electron chi connectivity index (χ4n) is 2.89. The van der Waals surface area contributed by atoms with Gasteiger partial charge >= 0.3 is 0 Å². The summed E-state index contributed by atoms with van der Waals surface area (Å²) in [5, 5.41) is 0. The third kappa shape index (κ3) is 4.57. The van der Waals surface area contributed by atoms with Crippen LogP contribution in [0.3, 0.4) is 0 Å². The standard InChI is InChI=1S/C21H24N2O3S/c1-4-23-18-12-11-17(26-6-3)14-19(18)27-21(23)22-20(24)13-15-7-9-16(10-8-15)25-5-2/h7-12,14H,4-6,13H2,1-3H3. The molecule has 0 unspecified atom stereocenters. The summed E-state index contributed by atoms with van der Waals surface area (Å²) in [6.45, 7) is 7.97. The van der Waals surface area contributed by atoms with E-state index in [1.807, 2.05) is 56.3 Å². The highest BCUT2D eigenvalue weighted by atomic mass is 32.1. The molecule has 2 aromatic carbocycles. The van der Waals surface area contributed by atoms with E-state index in [0.717, 1.165) is 38.6 Å². The lowest BCUT2D eigenvalue weighted by atomic mass is 10.1. The Morgan fingerprint density at radius 3 is 2.33 bits per heavy atom. The molecule has 0 bridgehead atoms. The molecule has 1 aromatic heterocycles. The van der Waals surface area contributed by atoms with Crippen molar-refractivity contribution in [3.8, 4) is 11.5 Å². The average molecular weight is 385 g/mol. The Morgan fingerprint density at radius 2 is 1.67 bits per heavy atom. The van der Waals surface area contributed by atoms with Crippen LogP contribution in [-0.2, 0) is 17.8 Å². The molecular formula is C21H24N2O3S. The molecule has 0 spiro atoms. The molecule has 0 atom stereocenters. The van der Waals surface area contributed by atoms with Crippen LogP contribution in [0, 0.1) is 0 Å². The Morgan fingerprint density at radius 1 is 1.00 bits per heavy atom. The Balaban J connectivity index is 1.86. The topological polar surface area (TPSA) is 52.8 Å². The number of carbonyl (C=O) groups excluding carboxylic acids is 1. The SMILES string of the molecule is CCOc1ccc(CC(=O)N=c2sc3cc(OCC)ccc3n2CC)cc1. The second kappa shape index (κ2) is 8.86. The highest BCUT2D eigenvalue weighted by molar-refractivity contribution is 7.16. The van der Waals surface area contributed by atoms with E-state index in [1.165, 1.54) is 11.3 Å². The lowest BCUT2D eigenvalue weighted by molar-refractivity contribution is -0.117. The van der Waals surface area contributed by atoms with Crippen LogP contribution in [-0.4, -0.2) is 23.7 Å². The van der Waals surface area contributed by atoms with Crippen molar-refractivity contribution in [1.29, 1.82) is 0 Å². The van der Waals surface area contributed by atoms with Gasteiger partial charge in [0.05, 0.1) is 29.9 Å². The zero-order valence-electron chi connectivity index (χ0n) is 15.9. The molecule has 3 aromatic rings. The minimum absolute atomic E-state index is 0.155. The van der Waals surface area contributed by atoms with Gasteiger partial charge in [-0.1, -0.05) is 23.5 Å². The number of fused-ring (bicyclic) bond motifs is 1. The van der Waals surface area contributed by atoms with Gasteiger partial charge in [0, 0.05) is 6.54 Å². The average Bonchev–Trinajstić information content (AvgIpc) is 2.99. The van der Waals surface area contributed by atoms with E-state index < -0.39 is 0 Å². The zero-order valence-corrected chi connectivity index (χ0v) is 16.7. The third-order valence-corrected chi connectivity index (χ3v) is 5.13. The van der Waals surface area contributed by atoms with Crippen LogP contribution >= 0.6 is 11.3 Å². The lowest BCUT2D eigenvalue weighted by Gasteiger charge is -2.04. The van der Waals surface area contributed by atoms with Crippen molar-refractivity contribution < 1.29 is 14.3 Å². The van der Waals surface area contributed by atoms with E-state index in [2.05, 4.69) is 16.5 Å². The zero-order chi connectivity index (χ0) is 19.2. The maximum absolute atomic E-state index is 12.5. The van der Waals surface area contributed by atoms with Crippen molar-refractivity contribution in [2.24, 2.45) is 4.99 Å². The van der Waals surface area contributed by atoms with E-state index in [-0.39, 0.29) is 12.3 Å². The minimum Gasteiger partial charge on any atom is -0.494 e. The number of hydrogen-bond donors (Lipinski definition) is 0. The van der Waals surface area contributed by atoms with Gasteiger partial charge in [-0.2, -0.15) is 4.99 Å². The Kier molecular flexibility index (Phi) is 6.29. The molecule has 0 radical (unpaired) electrons. The summed E-state index contributed by atoms with van der Waals surface area (Å²) >= 11 is 1.51. The molecule has 0 saturated heterocycles. The Labute approximate surface area is 162 Å². The van der Waals surface area contributed by atoms with Crippen molar-refractivity contribution >= 4 is 27.5 Å². The molecule has 142 valence electrons. The van der Waals surface area contributed by atoms with Crippen molar-refractivity contribution in [3.63, 3.8) is 0 Å². The van der Waals surface area contributed by atoms with E-state index in [9.17, 15) is 4.79 Å². The molecule has 0 saturated carbocycles. The largest absolute Gasteiger partial charge is 0.494 e. The molecule has 0 aliphatic carbocycles. The maximum atomic E-state index is 12.5. The summed E-state index contributed by atoms with van der Waals surface area (Å²) in [5.74, 6) is 1.49. The molecule has 0 aliphatic heterocycles. The quantitative estimate of drug-likeness (QED) is 0.614. The molecular weight excluding hydrogens is 360 g/mol. The Hall–Kier alpha value is -2.60. The predicted octanol–water partition coefficient (Wildman–Crippen LogP) is 4.19. The highest BCUT2D eigenvalue weighted by Crippen LogP contribution is 2.23. The van der Waals surface area contributed by atoms with E-state index in [4.69, 9.17) is 9.47 Å². The molecule has 1 amide bonds. The van der Waals surface area contributed by atoms with Gasteiger partial charge in [0.25, 0.3) is 5.91 Å². The van der Waals surface area contributed by atoms with Crippen molar-refractivity contribution in [2.45, 2.75) is 33.7 Å². The number of nitrogens with zero attached hydrogens (tertiary/aromatic N) is 2. The van der Waals surface area contributed by atoms with E-state index >= 15 is 0 Å². The molecule has 5 nitrogen and oxygen atoms in total. The monoisotopic (exact) mass is 384 g/mol. The summed E-state index contributed by atoms with van der Waals surface area (Å²) < 4.78 is 14.1. The van der Waals surface area contributed by atoms with Gasteiger partial charge < -0.3 is 14.0 Å². The summed E-state index contributed by atoms with van der Waals surface area (Å²) in [4.78, 5) is 17.6. The first-order valence-corrected chi connectivity index (χ1v) is 10.0. The summed E-state index contributed by atoms with van der Waals surface area (Å²) in [6, 6.07) is 13.6. The summed E-state index contributed by atoms with van der Waals surface area (Å²) in [7, 11) is 0. The van der Waals surface area contributed by atoms with Gasteiger partial charge in [-0.25, -0.2) is 0 Å². The van der Waals surface area contributed by atoms with Crippen molar-refractivity contribution in [2.75, 3.05) is 13.2 Å². The van der Waals surface area contributed by atoms with Crippen LogP contribution in [0.25, 0.3) is 10.2 Å². The molecule has 3 rings (SSSR count). The number of thiazole rings is 1. The van der Waals surface area contributed by atoms with Crippen LogP contribution in [0.1, 0.15) is 26.3 Å². The first-order valence-electron chi connectivity index (χ1n) is 9.20. The van der Waals surface area contributed by atoms with Gasteiger partial charge in [0.2, 0.25) is 0 Å². The van der Waals surface area contributed by atoms with Crippen molar-refractivity contribution in [3.05, 3.63) is 52.8 Å². The van der Waals surface area contributed by atoms with Crippen LogP contribution in [0.2, 0.25) is 0 Å². The molecule has 6 heteroatoms. The number of amides is 1. The van der Waals surface area contributed by atoms with Crippen molar-refractivity contribution in [1.82, 2.24) is 4.57 Å². The first kappa shape index (κ1) is 19.2. The van der Waals surface area contributed by atoms with Gasteiger partial charge in [-0.15, -0.1) is 0 Å². The number of rotatable bonds is 7. The number of carbonyl (C=O) groups is 1. The fourth-order valence-corrected chi connectivity index (χ4v) is 4.03. The minimum atomic E-state index is -0.155. The fraction of sp³-hybridized carbons (Fsp3) is 0.333. The molecule has 27 heavy (non-hydrogen) atoms.